The molecule has 0 spiro atoms. The third-order valence-corrected chi connectivity index (χ3v) is 3.23. The summed E-state index contributed by atoms with van der Waals surface area (Å²) < 4.78 is 10.6. The summed E-state index contributed by atoms with van der Waals surface area (Å²) in [4.78, 5) is 2.33. The van der Waals surface area contributed by atoms with Gasteiger partial charge in [0.15, 0.2) is 0 Å². The standard InChI is InChI=1S/C14H24N2O2/c1-5-16(6-2)14(10-15)11-7-12(17-3)9-13(8-11)18-4/h7-9,14H,5-6,10,15H2,1-4H3. The van der Waals surface area contributed by atoms with Gasteiger partial charge in [0.2, 0.25) is 0 Å². The average Bonchev–Trinajstić information content (AvgIpc) is 2.43. The highest BCUT2D eigenvalue weighted by Crippen LogP contribution is 2.28. The molecule has 0 heterocycles. The van der Waals surface area contributed by atoms with E-state index in [1.807, 2.05) is 18.2 Å². The van der Waals surface area contributed by atoms with Gasteiger partial charge >= 0.3 is 0 Å². The highest BCUT2D eigenvalue weighted by atomic mass is 16.5. The summed E-state index contributed by atoms with van der Waals surface area (Å²) in [6, 6.07) is 6.12. The van der Waals surface area contributed by atoms with Crippen molar-refractivity contribution >= 4 is 0 Å². The molecule has 0 saturated carbocycles. The van der Waals surface area contributed by atoms with E-state index in [9.17, 15) is 0 Å². The summed E-state index contributed by atoms with van der Waals surface area (Å²) >= 11 is 0. The largest absolute Gasteiger partial charge is 0.497 e. The Balaban J connectivity index is 3.11. The van der Waals surface area contributed by atoms with Crippen molar-refractivity contribution in [2.24, 2.45) is 5.73 Å². The predicted molar refractivity (Wildman–Crippen MR) is 74.3 cm³/mol. The molecule has 1 unspecified atom stereocenters. The van der Waals surface area contributed by atoms with E-state index in [2.05, 4.69) is 18.7 Å². The van der Waals surface area contributed by atoms with Crippen molar-refractivity contribution < 1.29 is 9.47 Å². The third kappa shape index (κ3) is 3.37. The lowest BCUT2D eigenvalue weighted by Gasteiger charge is -2.29. The van der Waals surface area contributed by atoms with Crippen LogP contribution in [0.4, 0.5) is 0 Å². The fourth-order valence-electron chi connectivity index (χ4n) is 2.18. The molecule has 0 fully saturated rings. The first-order valence-electron chi connectivity index (χ1n) is 6.37. The summed E-state index contributed by atoms with van der Waals surface area (Å²) in [5, 5.41) is 0. The van der Waals surface area contributed by atoms with Gasteiger partial charge < -0.3 is 15.2 Å². The summed E-state index contributed by atoms with van der Waals surface area (Å²) in [5.41, 5.74) is 7.05. The molecule has 2 N–H and O–H groups in total. The molecule has 102 valence electrons. The van der Waals surface area contributed by atoms with Crippen LogP contribution in [0.3, 0.4) is 0 Å². The topological polar surface area (TPSA) is 47.7 Å². The van der Waals surface area contributed by atoms with E-state index in [-0.39, 0.29) is 6.04 Å². The molecule has 1 rings (SSSR count). The maximum Gasteiger partial charge on any atom is 0.122 e. The van der Waals surface area contributed by atoms with Gasteiger partial charge in [-0.2, -0.15) is 0 Å². The fourth-order valence-corrected chi connectivity index (χ4v) is 2.18. The van der Waals surface area contributed by atoms with E-state index in [0.29, 0.717) is 6.54 Å². The maximum atomic E-state index is 5.92. The third-order valence-electron chi connectivity index (χ3n) is 3.23. The molecule has 4 heteroatoms. The number of likely N-dealkylation sites (N-methyl/N-ethyl adjacent to an activating group) is 1. The number of nitrogens with two attached hydrogens (primary N) is 1. The molecule has 1 aromatic rings. The molecule has 0 saturated heterocycles. The first-order chi connectivity index (χ1) is 8.69. The Hall–Kier alpha value is -1.26. The normalized spacial score (nSPS) is 12.6. The second-order valence-electron chi connectivity index (χ2n) is 4.12. The number of ether oxygens (including phenoxy) is 2. The fraction of sp³-hybridized carbons (Fsp3) is 0.571. The Bertz CT molecular complexity index is 343. The molecule has 0 aliphatic carbocycles. The molecule has 0 amide bonds. The van der Waals surface area contributed by atoms with Gasteiger partial charge in [0.1, 0.15) is 11.5 Å². The highest BCUT2D eigenvalue weighted by Gasteiger charge is 2.17. The van der Waals surface area contributed by atoms with E-state index < -0.39 is 0 Å². The van der Waals surface area contributed by atoms with Gasteiger partial charge in [-0.15, -0.1) is 0 Å². The van der Waals surface area contributed by atoms with Crippen LogP contribution in [-0.2, 0) is 0 Å². The van der Waals surface area contributed by atoms with Gasteiger partial charge in [0, 0.05) is 18.7 Å². The van der Waals surface area contributed by atoms with Crippen molar-refractivity contribution in [3.63, 3.8) is 0 Å². The van der Waals surface area contributed by atoms with Crippen molar-refractivity contribution in [3.05, 3.63) is 23.8 Å². The Morgan fingerprint density at radius 1 is 1.06 bits per heavy atom. The van der Waals surface area contributed by atoms with Crippen LogP contribution in [0.25, 0.3) is 0 Å². The van der Waals surface area contributed by atoms with Crippen LogP contribution < -0.4 is 15.2 Å². The predicted octanol–water partition coefficient (Wildman–Crippen LogP) is 2.05. The van der Waals surface area contributed by atoms with Crippen LogP contribution in [0.5, 0.6) is 11.5 Å². The molecule has 0 aromatic heterocycles. The number of benzene rings is 1. The quantitative estimate of drug-likeness (QED) is 0.807. The highest BCUT2D eigenvalue weighted by molar-refractivity contribution is 5.40. The second-order valence-corrected chi connectivity index (χ2v) is 4.12. The van der Waals surface area contributed by atoms with Crippen LogP contribution in [0.2, 0.25) is 0 Å². The van der Waals surface area contributed by atoms with Gasteiger partial charge in [-0.1, -0.05) is 13.8 Å². The molecule has 0 radical (unpaired) electrons. The zero-order chi connectivity index (χ0) is 13.5. The molecule has 4 nitrogen and oxygen atoms in total. The lowest BCUT2D eigenvalue weighted by Crippen LogP contribution is -2.33. The molecule has 1 atom stereocenters. The molecule has 0 aliphatic heterocycles. The first kappa shape index (κ1) is 14.8. The molecule has 0 aliphatic rings. The van der Waals surface area contributed by atoms with Crippen molar-refractivity contribution in [1.29, 1.82) is 0 Å². The Labute approximate surface area is 110 Å². The van der Waals surface area contributed by atoms with Crippen molar-refractivity contribution in [2.75, 3.05) is 33.9 Å². The minimum Gasteiger partial charge on any atom is -0.497 e. The summed E-state index contributed by atoms with van der Waals surface area (Å²) in [7, 11) is 3.32. The van der Waals surface area contributed by atoms with Crippen LogP contribution in [0.15, 0.2) is 18.2 Å². The van der Waals surface area contributed by atoms with Crippen molar-refractivity contribution in [2.45, 2.75) is 19.9 Å². The molecule has 18 heavy (non-hydrogen) atoms. The summed E-state index contributed by atoms with van der Waals surface area (Å²) in [5.74, 6) is 1.60. The second kappa shape index (κ2) is 7.24. The Morgan fingerprint density at radius 3 is 1.89 bits per heavy atom. The van der Waals surface area contributed by atoms with Gasteiger partial charge in [0.05, 0.1) is 14.2 Å². The monoisotopic (exact) mass is 252 g/mol. The average molecular weight is 252 g/mol. The van der Waals surface area contributed by atoms with E-state index in [1.165, 1.54) is 0 Å². The lowest BCUT2D eigenvalue weighted by molar-refractivity contribution is 0.223. The van der Waals surface area contributed by atoms with E-state index >= 15 is 0 Å². The zero-order valence-corrected chi connectivity index (χ0v) is 11.8. The van der Waals surface area contributed by atoms with E-state index in [4.69, 9.17) is 15.2 Å². The number of methoxy groups -OCH3 is 2. The van der Waals surface area contributed by atoms with E-state index in [0.717, 1.165) is 30.2 Å². The molecular weight excluding hydrogens is 228 g/mol. The number of nitrogens with zero attached hydrogens (tertiary/aromatic N) is 1. The van der Waals surface area contributed by atoms with Gasteiger partial charge in [0.25, 0.3) is 0 Å². The minimum atomic E-state index is 0.198. The molecule has 0 bridgehead atoms. The SMILES string of the molecule is CCN(CC)C(CN)c1cc(OC)cc(OC)c1. The Morgan fingerprint density at radius 2 is 1.56 bits per heavy atom. The molecule has 1 aromatic carbocycles. The number of hydrogen-bond donors (Lipinski definition) is 1. The van der Waals surface area contributed by atoms with Crippen LogP contribution in [0.1, 0.15) is 25.5 Å². The van der Waals surface area contributed by atoms with E-state index in [1.54, 1.807) is 14.2 Å². The van der Waals surface area contributed by atoms with Gasteiger partial charge in [-0.05, 0) is 30.8 Å². The maximum absolute atomic E-state index is 5.92. The minimum absolute atomic E-state index is 0.198. The van der Waals surface area contributed by atoms with Crippen molar-refractivity contribution in [1.82, 2.24) is 4.90 Å². The zero-order valence-electron chi connectivity index (χ0n) is 11.8. The van der Waals surface area contributed by atoms with Gasteiger partial charge in [-0.3, -0.25) is 4.90 Å². The van der Waals surface area contributed by atoms with Crippen LogP contribution >= 0.6 is 0 Å². The first-order valence-corrected chi connectivity index (χ1v) is 6.37. The Kier molecular flexibility index (Phi) is 5.95. The smallest absolute Gasteiger partial charge is 0.122 e. The van der Waals surface area contributed by atoms with Crippen LogP contribution in [0, 0.1) is 0 Å². The number of hydrogen-bond acceptors (Lipinski definition) is 4. The number of rotatable bonds is 7. The molecular formula is C14H24N2O2. The lowest BCUT2D eigenvalue weighted by atomic mass is 10.0. The van der Waals surface area contributed by atoms with Gasteiger partial charge in [-0.25, -0.2) is 0 Å². The summed E-state index contributed by atoms with van der Waals surface area (Å²) in [6.07, 6.45) is 0. The van der Waals surface area contributed by atoms with Crippen molar-refractivity contribution in [3.8, 4) is 11.5 Å². The summed E-state index contributed by atoms with van der Waals surface area (Å²) in [6.45, 7) is 6.81. The van der Waals surface area contributed by atoms with Crippen LogP contribution in [-0.4, -0.2) is 38.8 Å².